The van der Waals surface area contributed by atoms with Gasteiger partial charge in [0.15, 0.2) is 0 Å². The van der Waals surface area contributed by atoms with Crippen LogP contribution in [-0.2, 0) is 11.3 Å². The Bertz CT molecular complexity index is 550. The molecule has 116 valence electrons. The van der Waals surface area contributed by atoms with E-state index in [1.54, 1.807) is 21.7 Å². The smallest absolute Gasteiger partial charge is 0.246 e. The van der Waals surface area contributed by atoms with Crippen LogP contribution in [0.1, 0.15) is 31.5 Å². The molecule has 2 rings (SSSR count). The van der Waals surface area contributed by atoms with Crippen molar-refractivity contribution in [2.45, 2.75) is 39.8 Å². The SMILES string of the molecule is Cc1nn(CC(C)C)c(Cl)c1/C=C/C(=O)N1CCC(N)C1. The minimum atomic E-state index is -0.0185. The summed E-state index contributed by atoms with van der Waals surface area (Å²) < 4.78 is 1.79. The van der Waals surface area contributed by atoms with Crippen molar-refractivity contribution in [2.24, 2.45) is 11.7 Å². The first-order chi connectivity index (χ1) is 9.88. The zero-order valence-electron chi connectivity index (χ0n) is 12.8. The number of nitrogens with zero attached hydrogens (tertiary/aromatic N) is 3. The number of aryl methyl sites for hydroxylation is 1. The quantitative estimate of drug-likeness (QED) is 0.866. The third-order valence-electron chi connectivity index (χ3n) is 3.58. The molecule has 1 atom stereocenters. The van der Waals surface area contributed by atoms with Crippen LogP contribution in [0.15, 0.2) is 6.08 Å². The zero-order valence-corrected chi connectivity index (χ0v) is 13.6. The summed E-state index contributed by atoms with van der Waals surface area (Å²) in [5.41, 5.74) is 7.47. The number of aromatic nitrogens is 2. The maximum atomic E-state index is 12.1. The van der Waals surface area contributed by atoms with Gasteiger partial charge in [0.25, 0.3) is 0 Å². The first-order valence-electron chi connectivity index (χ1n) is 7.34. The third-order valence-corrected chi connectivity index (χ3v) is 3.98. The molecule has 1 saturated heterocycles. The maximum Gasteiger partial charge on any atom is 0.246 e. The van der Waals surface area contributed by atoms with Gasteiger partial charge in [0.05, 0.1) is 5.69 Å². The first kappa shape index (κ1) is 16.0. The second-order valence-corrected chi connectivity index (χ2v) is 6.39. The number of rotatable bonds is 4. The van der Waals surface area contributed by atoms with E-state index in [1.165, 1.54) is 0 Å². The minimum absolute atomic E-state index is 0.0185. The largest absolute Gasteiger partial charge is 0.338 e. The van der Waals surface area contributed by atoms with E-state index >= 15 is 0 Å². The minimum Gasteiger partial charge on any atom is -0.338 e. The predicted molar refractivity (Wildman–Crippen MR) is 85.0 cm³/mol. The highest BCUT2D eigenvalue weighted by atomic mass is 35.5. The monoisotopic (exact) mass is 310 g/mol. The number of hydrogen-bond acceptors (Lipinski definition) is 3. The number of likely N-dealkylation sites (tertiary alicyclic amines) is 1. The van der Waals surface area contributed by atoms with E-state index in [0.29, 0.717) is 17.6 Å². The summed E-state index contributed by atoms with van der Waals surface area (Å²) in [6.45, 7) is 8.25. The van der Waals surface area contributed by atoms with Gasteiger partial charge in [0, 0.05) is 37.3 Å². The fourth-order valence-electron chi connectivity index (χ4n) is 2.47. The van der Waals surface area contributed by atoms with Gasteiger partial charge in [0.2, 0.25) is 5.91 Å². The van der Waals surface area contributed by atoms with Crippen molar-refractivity contribution in [3.63, 3.8) is 0 Å². The molecule has 5 nitrogen and oxygen atoms in total. The fraction of sp³-hybridized carbons (Fsp3) is 0.600. The Labute approximate surface area is 130 Å². The highest BCUT2D eigenvalue weighted by Crippen LogP contribution is 2.22. The molecule has 0 aromatic carbocycles. The fourth-order valence-corrected chi connectivity index (χ4v) is 2.78. The molecule has 0 spiro atoms. The molecule has 0 saturated carbocycles. The van der Waals surface area contributed by atoms with E-state index in [2.05, 4.69) is 18.9 Å². The number of halogens is 1. The molecule has 1 aromatic heterocycles. The molecule has 1 aliphatic rings. The van der Waals surface area contributed by atoms with Crippen LogP contribution in [0.3, 0.4) is 0 Å². The van der Waals surface area contributed by atoms with Gasteiger partial charge < -0.3 is 10.6 Å². The summed E-state index contributed by atoms with van der Waals surface area (Å²) in [6, 6.07) is 0.0986. The normalized spacial score (nSPS) is 19.1. The summed E-state index contributed by atoms with van der Waals surface area (Å²) in [5.74, 6) is 0.446. The molecule has 1 amide bonds. The van der Waals surface area contributed by atoms with E-state index in [4.69, 9.17) is 17.3 Å². The summed E-state index contributed by atoms with van der Waals surface area (Å²) >= 11 is 6.34. The van der Waals surface area contributed by atoms with E-state index in [0.717, 1.165) is 30.8 Å². The van der Waals surface area contributed by atoms with E-state index in [-0.39, 0.29) is 11.9 Å². The Morgan fingerprint density at radius 3 is 2.86 bits per heavy atom. The van der Waals surface area contributed by atoms with E-state index in [9.17, 15) is 4.79 Å². The third kappa shape index (κ3) is 3.86. The predicted octanol–water partition coefficient (Wildman–Crippen LogP) is 2.07. The second-order valence-electron chi connectivity index (χ2n) is 6.03. The average Bonchev–Trinajstić information content (AvgIpc) is 2.93. The van der Waals surface area contributed by atoms with Crippen molar-refractivity contribution in [3.8, 4) is 0 Å². The van der Waals surface area contributed by atoms with Gasteiger partial charge in [0.1, 0.15) is 5.15 Å². The van der Waals surface area contributed by atoms with Crippen molar-refractivity contribution in [1.29, 1.82) is 0 Å². The summed E-state index contributed by atoms with van der Waals surface area (Å²) in [7, 11) is 0. The van der Waals surface area contributed by atoms with Crippen LogP contribution in [-0.4, -0.2) is 39.7 Å². The van der Waals surface area contributed by atoms with Crippen LogP contribution in [0.25, 0.3) is 6.08 Å². The number of carbonyl (C=O) groups is 1. The van der Waals surface area contributed by atoms with Crippen LogP contribution in [0.2, 0.25) is 5.15 Å². The van der Waals surface area contributed by atoms with Crippen LogP contribution in [0.4, 0.5) is 0 Å². The first-order valence-corrected chi connectivity index (χ1v) is 7.71. The topological polar surface area (TPSA) is 64.2 Å². The average molecular weight is 311 g/mol. The molecule has 1 aromatic rings. The lowest BCUT2D eigenvalue weighted by Crippen LogP contribution is -2.30. The molecule has 0 aliphatic carbocycles. The van der Waals surface area contributed by atoms with Crippen molar-refractivity contribution >= 4 is 23.6 Å². The lowest BCUT2D eigenvalue weighted by atomic mass is 10.2. The zero-order chi connectivity index (χ0) is 15.6. The van der Waals surface area contributed by atoms with Gasteiger partial charge in [-0.15, -0.1) is 0 Å². The van der Waals surface area contributed by atoms with Gasteiger partial charge >= 0.3 is 0 Å². The van der Waals surface area contributed by atoms with E-state index in [1.807, 2.05) is 6.92 Å². The van der Waals surface area contributed by atoms with Gasteiger partial charge in [-0.25, -0.2) is 0 Å². The summed E-state index contributed by atoms with van der Waals surface area (Å²) in [6.07, 6.45) is 4.19. The number of carbonyl (C=O) groups excluding carboxylic acids is 1. The molecule has 21 heavy (non-hydrogen) atoms. The standard InChI is InChI=1S/C15H23ClN4O/c1-10(2)8-20-15(16)13(11(3)18-20)4-5-14(21)19-7-6-12(17)9-19/h4-5,10,12H,6-9,17H2,1-3H3/b5-4+. The molecular weight excluding hydrogens is 288 g/mol. The summed E-state index contributed by atoms with van der Waals surface area (Å²) in [5, 5.41) is 5.01. The van der Waals surface area contributed by atoms with Gasteiger partial charge in [-0.2, -0.15) is 5.10 Å². The molecule has 1 unspecified atom stereocenters. The summed E-state index contributed by atoms with van der Waals surface area (Å²) in [4.78, 5) is 13.9. The van der Waals surface area contributed by atoms with Gasteiger partial charge in [-0.05, 0) is 25.3 Å². The highest BCUT2D eigenvalue weighted by Gasteiger charge is 2.22. The molecule has 0 bridgehead atoms. The van der Waals surface area contributed by atoms with Gasteiger partial charge in [-0.1, -0.05) is 25.4 Å². The lowest BCUT2D eigenvalue weighted by molar-refractivity contribution is -0.124. The molecule has 6 heteroatoms. The molecular formula is C15H23ClN4O. The number of amides is 1. The lowest BCUT2D eigenvalue weighted by Gasteiger charge is -2.12. The molecule has 0 radical (unpaired) electrons. The molecule has 2 heterocycles. The van der Waals surface area contributed by atoms with Gasteiger partial charge in [-0.3, -0.25) is 9.48 Å². The molecule has 1 aliphatic heterocycles. The van der Waals surface area contributed by atoms with Crippen LogP contribution in [0.5, 0.6) is 0 Å². The van der Waals surface area contributed by atoms with Crippen LogP contribution < -0.4 is 5.73 Å². The molecule has 2 N–H and O–H groups in total. The second kappa shape index (κ2) is 6.62. The van der Waals surface area contributed by atoms with Crippen molar-refractivity contribution in [1.82, 2.24) is 14.7 Å². The van der Waals surface area contributed by atoms with Crippen LogP contribution in [0, 0.1) is 12.8 Å². The van der Waals surface area contributed by atoms with Crippen molar-refractivity contribution < 1.29 is 4.79 Å². The Hall–Kier alpha value is -1.33. The van der Waals surface area contributed by atoms with Crippen LogP contribution >= 0.6 is 11.6 Å². The van der Waals surface area contributed by atoms with Crippen molar-refractivity contribution in [2.75, 3.05) is 13.1 Å². The molecule has 1 fully saturated rings. The Morgan fingerprint density at radius 2 is 2.29 bits per heavy atom. The Balaban J connectivity index is 2.10. The maximum absolute atomic E-state index is 12.1. The number of hydrogen-bond donors (Lipinski definition) is 1. The van der Waals surface area contributed by atoms with E-state index < -0.39 is 0 Å². The number of nitrogens with two attached hydrogens (primary N) is 1. The Morgan fingerprint density at radius 1 is 1.57 bits per heavy atom. The highest BCUT2D eigenvalue weighted by molar-refractivity contribution is 6.31. The van der Waals surface area contributed by atoms with Crippen molar-refractivity contribution in [3.05, 3.63) is 22.5 Å². The Kier molecular flexibility index (Phi) is 5.06.